The molecule has 1 atom stereocenters. The normalized spacial score (nSPS) is 20.2. The van der Waals surface area contributed by atoms with E-state index in [1.54, 1.807) is 11.3 Å². The molecule has 3 rings (SSSR count). The van der Waals surface area contributed by atoms with E-state index in [0.717, 1.165) is 12.1 Å². The fraction of sp³-hybridized carbons (Fsp3) is 0.417. The molecule has 0 spiro atoms. The van der Waals surface area contributed by atoms with Crippen molar-refractivity contribution >= 4 is 11.3 Å². The van der Waals surface area contributed by atoms with Crippen LogP contribution >= 0.6 is 11.3 Å². The molecule has 0 saturated carbocycles. The quantitative estimate of drug-likeness (QED) is 0.716. The first-order valence-electron chi connectivity index (χ1n) is 5.46. The van der Waals surface area contributed by atoms with Crippen molar-refractivity contribution in [2.75, 3.05) is 0 Å². The molecule has 2 nitrogen and oxygen atoms in total. The average Bonchev–Trinajstić information content (AvgIpc) is 2.86. The highest BCUT2D eigenvalue weighted by Gasteiger charge is 2.18. The van der Waals surface area contributed by atoms with Gasteiger partial charge in [-0.05, 0) is 31.2 Å². The molecule has 0 aliphatic carbocycles. The molecule has 0 bridgehead atoms. The summed E-state index contributed by atoms with van der Waals surface area (Å²) >= 11 is 1.76. The molecule has 0 radical (unpaired) electrons. The third-order valence-corrected chi connectivity index (χ3v) is 3.97. The van der Waals surface area contributed by atoms with Crippen LogP contribution in [0.5, 0.6) is 0 Å². The van der Waals surface area contributed by atoms with Crippen molar-refractivity contribution in [1.82, 2.24) is 9.55 Å². The SMILES string of the molecule is C[C@H]1CCCc2nc(-c3cccs3)cn21. The fourth-order valence-electron chi connectivity index (χ4n) is 2.24. The van der Waals surface area contributed by atoms with Gasteiger partial charge in [0.05, 0.1) is 10.6 Å². The van der Waals surface area contributed by atoms with E-state index < -0.39 is 0 Å². The molecule has 0 fully saturated rings. The van der Waals surface area contributed by atoms with Crippen LogP contribution in [0.15, 0.2) is 23.7 Å². The van der Waals surface area contributed by atoms with Gasteiger partial charge in [-0.2, -0.15) is 0 Å². The number of aryl methyl sites for hydroxylation is 1. The Kier molecular flexibility index (Phi) is 2.13. The zero-order valence-electron chi connectivity index (χ0n) is 8.81. The van der Waals surface area contributed by atoms with E-state index in [1.165, 1.54) is 23.5 Å². The lowest BCUT2D eigenvalue weighted by atomic mass is 10.1. The molecule has 0 unspecified atom stereocenters. The van der Waals surface area contributed by atoms with Gasteiger partial charge in [0, 0.05) is 18.7 Å². The van der Waals surface area contributed by atoms with Crippen molar-refractivity contribution in [3.8, 4) is 10.6 Å². The monoisotopic (exact) mass is 218 g/mol. The van der Waals surface area contributed by atoms with Crippen molar-refractivity contribution < 1.29 is 0 Å². The Hall–Kier alpha value is -1.09. The van der Waals surface area contributed by atoms with Crippen LogP contribution in [0.3, 0.4) is 0 Å². The van der Waals surface area contributed by atoms with Crippen molar-refractivity contribution in [3.63, 3.8) is 0 Å². The van der Waals surface area contributed by atoms with Gasteiger partial charge >= 0.3 is 0 Å². The first-order valence-corrected chi connectivity index (χ1v) is 6.34. The van der Waals surface area contributed by atoms with Crippen LogP contribution < -0.4 is 0 Å². The second kappa shape index (κ2) is 3.49. The van der Waals surface area contributed by atoms with Crippen LogP contribution in [0, 0.1) is 0 Å². The summed E-state index contributed by atoms with van der Waals surface area (Å²) in [5.74, 6) is 1.26. The van der Waals surface area contributed by atoms with Crippen LogP contribution in [0.1, 0.15) is 31.6 Å². The van der Waals surface area contributed by atoms with Gasteiger partial charge in [-0.15, -0.1) is 11.3 Å². The lowest BCUT2D eigenvalue weighted by molar-refractivity contribution is 0.426. The minimum absolute atomic E-state index is 0.620. The molecule has 15 heavy (non-hydrogen) atoms. The number of thiophene rings is 1. The van der Waals surface area contributed by atoms with Crippen molar-refractivity contribution in [3.05, 3.63) is 29.5 Å². The van der Waals surface area contributed by atoms with Gasteiger partial charge in [0.2, 0.25) is 0 Å². The second-order valence-corrected chi connectivity index (χ2v) is 5.12. The van der Waals surface area contributed by atoms with E-state index in [2.05, 4.69) is 35.2 Å². The largest absolute Gasteiger partial charge is 0.331 e. The van der Waals surface area contributed by atoms with Gasteiger partial charge in [0.1, 0.15) is 5.82 Å². The zero-order chi connectivity index (χ0) is 10.3. The Morgan fingerprint density at radius 2 is 2.47 bits per heavy atom. The number of aromatic nitrogens is 2. The van der Waals surface area contributed by atoms with Gasteiger partial charge < -0.3 is 4.57 Å². The summed E-state index contributed by atoms with van der Waals surface area (Å²) in [6.07, 6.45) is 5.91. The Morgan fingerprint density at radius 1 is 1.53 bits per heavy atom. The van der Waals surface area contributed by atoms with E-state index in [-0.39, 0.29) is 0 Å². The van der Waals surface area contributed by atoms with Gasteiger partial charge in [-0.25, -0.2) is 4.98 Å². The van der Waals surface area contributed by atoms with E-state index >= 15 is 0 Å². The fourth-order valence-corrected chi connectivity index (χ4v) is 2.92. The first-order chi connectivity index (χ1) is 7.34. The minimum atomic E-state index is 0.620. The Bertz CT molecular complexity index is 456. The summed E-state index contributed by atoms with van der Waals surface area (Å²) in [5.41, 5.74) is 1.15. The lowest BCUT2D eigenvalue weighted by Crippen LogP contribution is -2.14. The van der Waals surface area contributed by atoms with Gasteiger partial charge in [-0.1, -0.05) is 6.07 Å². The van der Waals surface area contributed by atoms with Gasteiger partial charge in [0.15, 0.2) is 0 Å². The molecule has 0 saturated heterocycles. The van der Waals surface area contributed by atoms with Crippen molar-refractivity contribution in [1.29, 1.82) is 0 Å². The van der Waals surface area contributed by atoms with Crippen LogP contribution in [0.25, 0.3) is 10.6 Å². The number of fused-ring (bicyclic) bond motifs is 1. The molecule has 78 valence electrons. The summed E-state index contributed by atoms with van der Waals surface area (Å²) in [5, 5.41) is 2.11. The maximum absolute atomic E-state index is 4.72. The minimum Gasteiger partial charge on any atom is -0.331 e. The zero-order valence-corrected chi connectivity index (χ0v) is 9.63. The first kappa shape index (κ1) is 9.16. The maximum Gasteiger partial charge on any atom is 0.109 e. The van der Waals surface area contributed by atoms with Gasteiger partial charge in [-0.3, -0.25) is 0 Å². The molecule has 0 amide bonds. The summed E-state index contributed by atoms with van der Waals surface area (Å²) in [6.45, 7) is 2.28. The van der Waals surface area contributed by atoms with E-state index in [9.17, 15) is 0 Å². The predicted molar refractivity (Wildman–Crippen MR) is 63.2 cm³/mol. The molecular formula is C12H14N2S. The van der Waals surface area contributed by atoms with Crippen LogP contribution in [0.2, 0.25) is 0 Å². The van der Waals surface area contributed by atoms with E-state index in [4.69, 9.17) is 4.98 Å². The molecule has 2 aromatic rings. The van der Waals surface area contributed by atoms with Crippen molar-refractivity contribution in [2.24, 2.45) is 0 Å². The van der Waals surface area contributed by atoms with E-state index in [0.29, 0.717) is 6.04 Å². The molecular weight excluding hydrogens is 204 g/mol. The third kappa shape index (κ3) is 1.51. The molecule has 1 aliphatic rings. The van der Waals surface area contributed by atoms with E-state index in [1.807, 2.05) is 0 Å². The topological polar surface area (TPSA) is 17.8 Å². The summed E-state index contributed by atoms with van der Waals surface area (Å²) < 4.78 is 2.35. The number of nitrogens with zero attached hydrogens (tertiary/aromatic N) is 2. The van der Waals surface area contributed by atoms with Crippen LogP contribution in [-0.4, -0.2) is 9.55 Å². The molecule has 0 N–H and O–H groups in total. The summed E-state index contributed by atoms with van der Waals surface area (Å²) in [4.78, 5) is 6.00. The Balaban J connectivity index is 2.06. The van der Waals surface area contributed by atoms with Crippen molar-refractivity contribution in [2.45, 2.75) is 32.2 Å². The molecule has 3 heterocycles. The number of hydrogen-bond donors (Lipinski definition) is 0. The molecule has 2 aromatic heterocycles. The number of hydrogen-bond acceptors (Lipinski definition) is 2. The highest BCUT2D eigenvalue weighted by molar-refractivity contribution is 7.13. The average molecular weight is 218 g/mol. The standard InChI is InChI=1S/C12H14N2S/c1-9-4-2-6-12-13-10(8-14(9)12)11-5-3-7-15-11/h3,5,7-9H,2,4,6H2,1H3/t9-/m0/s1. The summed E-state index contributed by atoms with van der Waals surface area (Å²) in [6, 6.07) is 4.85. The van der Waals surface area contributed by atoms with Crippen LogP contribution in [-0.2, 0) is 6.42 Å². The Morgan fingerprint density at radius 3 is 3.20 bits per heavy atom. The smallest absolute Gasteiger partial charge is 0.109 e. The number of imidazole rings is 1. The van der Waals surface area contributed by atoms with Gasteiger partial charge in [0.25, 0.3) is 0 Å². The predicted octanol–water partition coefficient (Wildman–Crippen LogP) is 3.51. The maximum atomic E-state index is 4.72. The summed E-state index contributed by atoms with van der Waals surface area (Å²) in [7, 11) is 0. The Labute approximate surface area is 93.6 Å². The highest BCUT2D eigenvalue weighted by Crippen LogP contribution is 2.29. The lowest BCUT2D eigenvalue weighted by Gasteiger charge is -2.20. The number of rotatable bonds is 1. The molecule has 1 aliphatic heterocycles. The highest BCUT2D eigenvalue weighted by atomic mass is 32.1. The third-order valence-electron chi connectivity index (χ3n) is 3.08. The van der Waals surface area contributed by atoms with Crippen LogP contribution in [0.4, 0.5) is 0 Å². The second-order valence-electron chi connectivity index (χ2n) is 4.17. The molecule has 3 heteroatoms. The molecule has 0 aromatic carbocycles.